The number of carbonyl (C=O) groups is 1. The lowest BCUT2D eigenvalue weighted by Gasteiger charge is -2.67. The fourth-order valence-electron chi connectivity index (χ4n) is 11.5. The summed E-state index contributed by atoms with van der Waals surface area (Å²) >= 11 is 0. The summed E-state index contributed by atoms with van der Waals surface area (Å²) in [5.41, 5.74) is 5.13. The molecule has 4 saturated carbocycles. The van der Waals surface area contributed by atoms with Gasteiger partial charge >= 0.3 is 0 Å². The van der Waals surface area contributed by atoms with E-state index in [9.17, 15) is 9.90 Å². The van der Waals surface area contributed by atoms with Crippen LogP contribution in [0.15, 0.2) is 47.7 Å². The molecular formula is C36H48N2O2. The van der Waals surface area contributed by atoms with E-state index in [-0.39, 0.29) is 17.4 Å². The zero-order valence-corrected chi connectivity index (χ0v) is 25.2. The molecule has 40 heavy (non-hydrogen) atoms. The van der Waals surface area contributed by atoms with E-state index in [1.54, 1.807) is 0 Å². The number of aromatic nitrogens is 2. The first-order valence-electron chi connectivity index (χ1n) is 16.2. The second kappa shape index (κ2) is 9.15. The molecule has 7 rings (SSSR count). The van der Waals surface area contributed by atoms with Gasteiger partial charge in [0.25, 0.3) is 0 Å². The number of H-pyrrole nitrogens is 1. The van der Waals surface area contributed by atoms with Gasteiger partial charge < -0.3 is 10.1 Å². The van der Waals surface area contributed by atoms with Gasteiger partial charge in [0.1, 0.15) is 5.82 Å². The van der Waals surface area contributed by atoms with Crippen LogP contribution in [0.1, 0.15) is 98.2 Å². The van der Waals surface area contributed by atoms with Crippen molar-refractivity contribution in [3.63, 3.8) is 0 Å². The SMILES string of the molecule is CC(C)C1=C2C3CCC4C(C)(CCC5C(C)C(O)CCC54C)C3CCC2(c2ncc(-c3ccccc3)[nH]2)CC1=O. The highest BCUT2D eigenvalue weighted by Crippen LogP contribution is 2.71. The van der Waals surface area contributed by atoms with Crippen molar-refractivity contribution in [2.45, 2.75) is 104 Å². The molecule has 1 aromatic carbocycles. The zero-order chi connectivity index (χ0) is 28.0. The standard InChI is InChI=1S/C36H48N2O2/c1-21(2)31-29(40)19-36(33-37-20-27(38-33)23-9-7-6-8-10-23)18-14-26-24(32(31)36)11-12-30-34(4)17-15-28(39)22(3)25(34)13-16-35(26,30)5/h6-10,20-22,24-26,28,30,39H,11-19H2,1-5H3,(H,37,38). The summed E-state index contributed by atoms with van der Waals surface area (Å²) in [6.45, 7) is 12.0. The molecule has 5 aliphatic rings. The molecule has 4 fully saturated rings. The van der Waals surface area contributed by atoms with E-state index in [4.69, 9.17) is 4.98 Å². The molecule has 0 spiro atoms. The summed E-state index contributed by atoms with van der Waals surface area (Å²) < 4.78 is 0. The third-order valence-electron chi connectivity index (χ3n) is 13.3. The predicted molar refractivity (Wildman–Crippen MR) is 159 cm³/mol. The Balaban J connectivity index is 1.29. The van der Waals surface area contributed by atoms with Crippen LogP contribution in [0.4, 0.5) is 0 Å². The average molecular weight is 541 g/mol. The third-order valence-corrected chi connectivity index (χ3v) is 13.3. The Labute approximate surface area is 240 Å². The maximum absolute atomic E-state index is 13.9. The molecule has 9 atom stereocenters. The van der Waals surface area contributed by atoms with Crippen molar-refractivity contribution in [3.8, 4) is 11.3 Å². The normalized spacial score (nSPS) is 42.8. The molecular weight excluding hydrogens is 492 g/mol. The maximum atomic E-state index is 13.9. The van der Waals surface area contributed by atoms with Crippen molar-refractivity contribution < 1.29 is 9.90 Å². The Bertz CT molecular complexity index is 1340. The van der Waals surface area contributed by atoms with Crippen molar-refractivity contribution in [2.75, 3.05) is 0 Å². The Morgan fingerprint density at radius 1 is 0.950 bits per heavy atom. The highest BCUT2D eigenvalue weighted by atomic mass is 16.3. The Kier molecular flexibility index (Phi) is 6.10. The number of nitrogens with zero attached hydrogens (tertiary/aromatic N) is 1. The van der Waals surface area contributed by atoms with Crippen molar-refractivity contribution in [1.29, 1.82) is 0 Å². The number of hydrogen-bond donors (Lipinski definition) is 2. The number of aliphatic hydroxyl groups excluding tert-OH is 1. The molecule has 0 saturated heterocycles. The minimum absolute atomic E-state index is 0.133. The molecule has 0 aliphatic heterocycles. The van der Waals surface area contributed by atoms with Gasteiger partial charge in [0, 0.05) is 6.42 Å². The first-order valence-corrected chi connectivity index (χ1v) is 16.2. The second-order valence-corrected chi connectivity index (χ2v) is 15.2. The largest absolute Gasteiger partial charge is 0.393 e. The van der Waals surface area contributed by atoms with E-state index in [0.29, 0.717) is 52.6 Å². The second-order valence-electron chi connectivity index (χ2n) is 15.2. The van der Waals surface area contributed by atoms with Crippen LogP contribution in [0.25, 0.3) is 11.3 Å². The van der Waals surface area contributed by atoms with E-state index in [2.05, 4.69) is 63.9 Å². The number of imidazole rings is 1. The molecule has 0 bridgehead atoms. The number of nitrogens with one attached hydrogen (secondary N) is 1. The summed E-state index contributed by atoms with van der Waals surface area (Å²) in [7, 11) is 0. The van der Waals surface area contributed by atoms with Crippen molar-refractivity contribution in [2.24, 2.45) is 46.3 Å². The van der Waals surface area contributed by atoms with Gasteiger partial charge in [-0.05, 0) is 114 Å². The van der Waals surface area contributed by atoms with E-state index < -0.39 is 0 Å². The topological polar surface area (TPSA) is 66.0 Å². The molecule has 1 heterocycles. The highest BCUT2D eigenvalue weighted by molar-refractivity contribution is 6.01. The fraction of sp³-hybridized carbons (Fsp3) is 0.667. The van der Waals surface area contributed by atoms with E-state index >= 15 is 0 Å². The summed E-state index contributed by atoms with van der Waals surface area (Å²) in [5.74, 6) is 4.45. The number of carbonyl (C=O) groups excluding carboxylic acids is 1. The molecule has 9 unspecified atom stereocenters. The number of hydrogen-bond acceptors (Lipinski definition) is 3. The molecule has 2 N–H and O–H groups in total. The Morgan fingerprint density at radius 2 is 1.65 bits per heavy atom. The summed E-state index contributed by atoms with van der Waals surface area (Å²) in [5, 5.41) is 10.8. The van der Waals surface area contributed by atoms with Gasteiger partial charge in [0.15, 0.2) is 5.78 Å². The summed E-state index contributed by atoms with van der Waals surface area (Å²) in [6, 6.07) is 10.5. The smallest absolute Gasteiger partial charge is 0.160 e. The van der Waals surface area contributed by atoms with Gasteiger partial charge in [-0.15, -0.1) is 0 Å². The molecule has 1 aromatic heterocycles. The summed E-state index contributed by atoms with van der Waals surface area (Å²) in [4.78, 5) is 22.6. The number of Topliss-reactive ketones (excluding diaryl/α,β-unsaturated/α-hetero) is 1. The van der Waals surface area contributed by atoms with Crippen molar-refractivity contribution >= 4 is 5.78 Å². The quantitative estimate of drug-likeness (QED) is 0.416. The van der Waals surface area contributed by atoms with Crippen LogP contribution >= 0.6 is 0 Å². The van der Waals surface area contributed by atoms with Crippen molar-refractivity contribution in [3.05, 3.63) is 53.5 Å². The van der Waals surface area contributed by atoms with Crippen LogP contribution in [0.2, 0.25) is 0 Å². The lowest BCUT2D eigenvalue weighted by atomic mass is 9.38. The molecule has 0 amide bonds. The first kappa shape index (κ1) is 26.7. The van der Waals surface area contributed by atoms with Crippen LogP contribution in [0.5, 0.6) is 0 Å². The number of rotatable bonds is 3. The Hall–Kier alpha value is -2.20. The van der Waals surface area contributed by atoms with Gasteiger partial charge in [-0.3, -0.25) is 4.79 Å². The number of aliphatic hydroxyl groups is 1. The van der Waals surface area contributed by atoms with Crippen molar-refractivity contribution in [1.82, 2.24) is 9.97 Å². The first-order chi connectivity index (χ1) is 19.1. The number of fused-ring (bicyclic) bond motifs is 7. The predicted octanol–water partition coefficient (Wildman–Crippen LogP) is 7.89. The Morgan fingerprint density at radius 3 is 2.40 bits per heavy atom. The molecule has 4 nitrogen and oxygen atoms in total. The lowest BCUT2D eigenvalue weighted by molar-refractivity contribution is -0.177. The van der Waals surface area contributed by atoms with Gasteiger partial charge in [0.05, 0.1) is 23.4 Å². The molecule has 2 aromatic rings. The molecule has 5 aliphatic carbocycles. The third kappa shape index (κ3) is 3.53. The minimum Gasteiger partial charge on any atom is -0.393 e. The highest BCUT2D eigenvalue weighted by Gasteiger charge is 2.65. The number of benzene rings is 1. The molecule has 4 heteroatoms. The lowest BCUT2D eigenvalue weighted by Crippen LogP contribution is -2.60. The average Bonchev–Trinajstić information content (AvgIpc) is 3.55. The molecule has 0 radical (unpaired) electrons. The summed E-state index contributed by atoms with van der Waals surface area (Å²) in [6.07, 6.45) is 11.7. The van der Waals surface area contributed by atoms with Crippen LogP contribution < -0.4 is 0 Å². The molecule has 214 valence electrons. The van der Waals surface area contributed by atoms with Gasteiger partial charge in [-0.2, -0.15) is 0 Å². The van der Waals surface area contributed by atoms with Gasteiger partial charge in [-0.25, -0.2) is 4.98 Å². The van der Waals surface area contributed by atoms with Crippen LogP contribution in [-0.4, -0.2) is 27.0 Å². The van der Waals surface area contributed by atoms with Gasteiger partial charge in [0.2, 0.25) is 0 Å². The van der Waals surface area contributed by atoms with E-state index in [1.165, 1.54) is 37.7 Å². The fourth-order valence-corrected chi connectivity index (χ4v) is 11.5. The zero-order valence-electron chi connectivity index (χ0n) is 25.2. The number of ketones is 1. The van der Waals surface area contributed by atoms with Gasteiger partial charge in [-0.1, -0.05) is 65.0 Å². The van der Waals surface area contributed by atoms with E-state index in [1.807, 2.05) is 12.3 Å². The maximum Gasteiger partial charge on any atom is 0.160 e. The van der Waals surface area contributed by atoms with Crippen LogP contribution in [-0.2, 0) is 10.2 Å². The van der Waals surface area contributed by atoms with Crippen LogP contribution in [0.3, 0.4) is 0 Å². The van der Waals surface area contributed by atoms with Crippen LogP contribution in [0, 0.1) is 46.3 Å². The number of aromatic amines is 1. The minimum atomic E-state index is -0.279. The monoisotopic (exact) mass is 540 g/mol. The van der Waals surface area contributed by atoms with E-state index in [0.717, 1.165) is 41.9 Å². The number of allylic oxidation sites excluding steroid dienone is 2.